The lowest BCUT2D eigenvalue weighted by atomic mass is 9.85. The lowest BCUT2D eigenvalue weighted by Gasteiger charge is -2.13. The van der Waals surface area contributed by atoms with E-state index in [4.69, 9.17) is 9.84 Å². The molecule has 1 N–H and O–H groups in total. The number of carboxylic acids is 1. The Balaban J connectivity index is 1.29. The molecule has 2 fully saturated rings. The van der Waals surface area contributed by atoms with Crippen molar-refractivity contribution in [1.82, 2.24) is 5.01 Å². The summed E-state index contributed by atoms with van der Waals surface area (Å²) in [4.78, 5) is 36.7. The topological polar surface area (TPSA) is 96.3 Å². The third kappa shape index (κ3) is 4.09. The summed E-state index contributed by atoms with van der Waals surface area (Å²) in [7, 11) is 0. The summed E-state index contributed by atoms with van der Waals surface area (Å²) in [5, 5.41) is 14.4. The summed E-state index contributed by atoms with van der Waals surface area (Å²) in [5.41, 5.74) is 1.72. The highest BCUT2D eigenvalue weighted by molar-refractivity contribution is 14.1. The van der Waals surface area contributed by atoms with Crippen LogP contribution >= 0.6 is 45.2 Å². The average Bonchev–Trinajstić information content (AvgIpc) is 3.46. The predicted octanol–water partition coefficient (Wildman–Crippen LogP) is 4.31. The summed E-state index contributed by atoms with van der Waals surface area (Å²) in [6, 6.07) is 10.4. The third-order valence-corrected chi connectivity index (χ3v) is 7.95. The summed E-state index contributed by atoms with van der Waals surface area (Å²) in [5.74, 6) is -0.915. The highest BCUT2D eigenvalue weighted by Gasteiger charge is 2.59. The van der Waals surface area contributed by atoms with E-state index in [1.54, 1.807) is 12.1 Å². The van der Waals surface area contributed by atoms with Gasteiger partial charge in [0, 0.05) is 0 Å². The number of carbonyl (C=O) groups excluding carboxylic acids is 2. The molecule has 2 bridgehead atoms. The molecule has 0 spiro atoms. The van der Waals surface area contributed by atoms with E-state index in [2.05, 4.69) is 62.4 Å². The van der Waals surface area contributed by atoms with Crippen LogP contribution in [0.15, 0.2) is 53.7 Å². The van der Waals surface area contributed by atoms with E-state index in [9.17, 15) is 14.4 Å². The number of carbonyl (C=O) groups is 3. The van der Waals surface area contributed by atoms with Gasteiger partial charge >= 0.3 is 5.97 Å². The fourth-order valence-electron chi connectivity index (χ4n) is 4.87. The van der Waals surface area contributed by atoms with Crippen molar-refractivity contribution >= 4 is 69.2 Å². The molecular formula is C24H18I2N2O5. The number of benzene rings is 2. The number of amides is 2. The van der Waals surface area contributed by atoms with Crippen LogP contribution in [-0.2, 0) is 16.2 Å². The van der Waals surface area contributed by atoms with E-state index < -0.39 is 5.97 Å². The van der Waals surface area contributed by atoms with E-state index in [1.165, 1.54) is 12.3 Å². The summed E-state index contributed by atoms with van der Waals surface area (Å²) in [6.45, 7) is 0.233. The van der Waals surface area contributed by atoms with Crippen molar-refractivity contribution in [3.8, 4) is 5.75 Å². The van der Waals surface area contributed by atoms with Crippen molar-refractivity contribution in [3.05, 3.63) is 72.4 Å². The van der Waals surface area contributed by atoms with Gasteiger partial charge in [-0.05, 0) is 98.8 Å². The molecule has 168 valence electrons. The number of fused-ring (bicyclic) bond motifs is 5. The standard InChI is InChI=1S/C24H18I2N2O5/c25-17-7-13(8-18(26)21(17)33-11-12-2-1-3-16(6-12)24(31)32)10-27-28-22(29)19-14-4-5-15(9-14)20(19)23(28)30/h1-8,10,14-15,19-20H,9,11H2,(H,31,32)/t14-,15-,19-,20+/m0/s1. The monoisotopic (exact) mass is 668 g/mol. The number of hydrogen-bond donors (Lipinski definition) is 1. The maximum absolute atomic E-state index is 12.8. The van der Waals surface area contributed by atoms with Gasteiger partial charge in [0.2, 0.25) is 0 Å². The maximum Gasteiger partial charge on any atom is 0.335 e. The Morgan fingerprint density at radius 1 is 1.09 bits per heavy atom. The van der Waals surface area contributed by atoms with Gasteiger partial charge in [-0.15, -0.1) is 0 Å². The quantitative estimate of drug-likeness (QED) is 0.214. The van der Waals surface area contributed by atoms with Gasteiger partial charge in [-0.2, -0.15) is 10.1 Å². The average molecular weight is 668 g/mol. The number of rotatable bonds is 6. The molecule has 2 aliphatic carbocycles. The predicted molar refractivity (Wildman–Crippen MR) is 137 cm³/mol. The molecular weight excluding hydrogens is 650 g/mol. The van der Waals surface area contributed by atoms with E-state index in [0.29, 0.717) is 5.75 Å². The Morgan fingerprint density at radius 3 is 2.33 bits per heavy atom. The maximum atomic E-state index is 12.8. The zero-order valence-corrected chi connectivity index (χ0v) is 21.5. The molecule has 1 saturated heterocycles. The molecule has 33 heavy (non-hydrogen) atoms. The van der Waals surface area contributed by atoms with Crippen molar-refractivity contribution in [2.24, 2.45) is 28.8 Å². The first-order chi connectivity index (χ1) is 15.8. The van der Waals surface area contributed by atoms with Crippen molar-refractivity contribution in [2.45, 2.75) is 13.0 Å². The zero-order valence-electron chi connectivity index (χ0n) is 17.2. The van der Waals surface area contributed by atoms with Gasteiger partial charge in [-0.3, -0.25) is 9.59 Å². The molecule has 1 heterocycles. The molecule has 0 aromatic heterocycles. The highest BCUT2D eigenvalue weighted by Crippen LogP contribution is 2.52. The number of ether oxygens (including phenoxy) is 1. The minimum Gasteiger partial charge on any atom is -0.487 e. The van der Waals surface area contributed by atoms with Gasteiger partial charge < -0.3 is 9.84 Å². The number of hydrogen-bond acceptors (Lipinski definition) is 5. The Labute approximate surface area is 217 Å². The molecule has 5 rings (SSSR count). The summed E-state index contributed by atoms with van der Waals surface area (Å²) < 4.78 is 7.64. The van der Waals surface area contributed by atoms with E-state index in [1.807, 2.05) is 18.2 Å². The van der Waals surface area contributed by atoms with Crippen molar-refractivity contribution < 1.29 is 24.2 Å². The number of halogens is 2. The SMILES string of the molecule is O=C(O)c1cccc(COc2c(I)cc(C=NN3C(=O)[C@@H]4[C@H](C3=O)[C@H]3C=C[C@H]4C3)cc2I)c1. The number of nitrogens with zero attached hydrogens (tertiary/aromatic N) is 2. The summed E-state index contributed by atoms with van der Waals surface area (Å²) in [6.07, 6.45) is 6.55. The number of aromatic carboxylic acids is 1. The van der Waals surface area contributed by atoms with Gasteiger partial charge in [0.05, 0.1) is 30.8 Å². The molecule has 7 nitrogen and oxygen atoms in total. The van der Waals surface area contributed by atoms with Crippen LogP contribution in [0, 0.1) is 30.8 Å². The van der Waals surface area contributed by atoms with Crippen molar-refractivity contribution in [2.75, 3.05) is 0 Å². The first-order valence-electron chi connectivity index (χ1n) is 10.4. The second-order valence-corrected chi connectivity index (χ2v) is 10.7. The lowest BCUT2D eigenvalue weighted by molar-refractivity contribution is -0.140. The first-order valence-corrected chi connectivity index (χ1v) is 12.5. The normalized spacial score (nSPS) is 25.3. The third-order valence-electron chi connectivity index (χ3n) is 6.35. The van der Waals surface area contributed by atoms with Gasteiger partial charge in [-0.1, -0.05) is 24.3 Å². The molecule has 4 atom stereocenters. The van der Waals surface area contributed by atoms with Crippen LogP contribution in [0.5, 0.6) is 5.75 Å². The molecule has 1 saturated carbocycles. The fraction of sp³-hybridized carbons (Fsp3) is 0.250. The number of hydrazone groups is 1. The van der Waals surface area contributed by atoms with Crippen LogP contribution in [0.1, 0.15) is 27.9 Å². The van der Waals surface area contributed by atoms with Crippen LogP contribution in [-0.4, -0.2) is 34.1 Å². The number of imide groups is 1. The van der Waals surface area contributed by atoms with E-state index >= 15 is 0 Å². The van der Waals surface area contributed by atoms with Crippen LogP contribution in [0.3, 0.4) is 0 Å². The molecule has 0 radical (unpaired) electrons. The smallest absolute Gasteiger partial charge is 0.335 e. The molecule has 3 aliphatic rings. The molecule has 2 aromatic carbocycles. The molecule has 1 aliphatic heterocycles. The number of carboxylic acid groups (broad SMARTS) is 1. The van der Waals surface area contributed by atoms with Crippen LogP contribution in [0.2, 0.25) is 0 Å². The minimum absolute atomic E-state index is 0.158. The lowest BCUT2D eigenvalue weighted by Crippen LogP contribution is -2.28. The van der Waals surface area contributed by atoms with Crippen LogP contribution < -0.4 is 4.74 Å². The first kappa shape index (κ1) is 22.5. The molecule has 2 amide bonds. The van der Waals surface area contributed by atoms with E-state index in [-0.39, 0.29) is 47.7 Å². The van der Waals surface area contributed by atoms with Gasteiger partial charge in [0.1, 0.15) is 12.4 Å². The largest absolute Gasteiger partial charge is 0.487 e. The van der Waals surface area contributed by atoms with Gasteiger partial charge in [0.25, 0.3) is 11.8 Å². The molecule has 9 heteroatoms. The Kier molecular flexibility index (Phi) is 6.02. The van der Waals surface area contributed by atoms with Crippen LogP contribution in [0.25, 0.3) is 0 Å². The minimum atomic E-state index is -0.979. The van der Waals surface area contributed by atoms with E-state index in [0.717, 1.165) is 29.7 Å². The Hall–Kier alpha value is -2.28. The zero-order chi connectivity index (χ0) is 23.3. The second-order valence-electron chi connectivity index (χ2n) is 8.34. The second kappa shape index (κ2) is 8.82. The molecule has 2 aromatic rings. The number of allylic oxidation sites excluding steroid dienone is 2. The fourth-order valence-corrected chi connectivity index (χ4v) is 6.99. The summed E-state index contributed by atoms with van der Waals surface area (Å²) >= 11 is 4.32. The van der Waals surface area contributed by atoms with Crippen molar-refractivity contribution in [3.63, 3.8) is 0 Å². The Morgan fingerprint density at radius 2 is 1.73 bits per heavy atom. The highest BCUT2D eigenvalue weighted by atomic mass is 127. The van der Waals surface area contributed by atoms with Crippen molar-refractivity contribution in [1.29, 1.82) is 0 Å². The van der Waals surface area contributed by atoms with Gasteiger partial charge in [-0.25, -0.2) is 4.79 Å². The van der Waals surface area contributed by atoms with Crippen LogP contribution in [0.4, 0.5) is 0 Å². The van der Waals surface area contributed by atoms with Gasteiger partial charge in [0.15, 0.2) is 0 Å². The Bertz CT molecular complexity index is 1190. The molecule has 0 unspecified atom stereocenters.